The van der Waals surface area contributed by atoms with Crippen LogP contribution in [-0.4, -0.2) is 59.6 Å². The molecule has 2 heterocycles. The molecule has 0 spiro atoms. The van der Waals surface area contributed by atoms with Gasteiger partial charge in [-0.05, 0) is 18.6 Å². The topological polar surface area (TPSA) is 86.8 Å². The van der Waals surface area contributed by atoms with E-state index in [-0.39, 0.29) is 43.1 Å². The SMILES string of the molecule is O=C1CN(C(=O)CCN2C(=O)c3ccccc3C2=O)CCCN1. The molecule has 1 aromatic rings. The molecular weight excluding hydrogens is 298 g/mol. The number of carbonyl (C=O) groups excluding carboxylic acids is 4. The molecule has 23 heavy (non-hydrogen) atoms. The maximum absolute atomic E-state index is 12.2. The fraction of sp³-hybridized carbons (Fsp3) is 0.375. The summed E-state index contributed by atoms with van der Waals surface area (Å²) >= 11 is 0. The zero-order valence-electron chi connectivity index (χ0n) is 12.6. The van der Waals surface area contributed by atoms with Crippen molar-refractivity contribution in [3.05, 3.63) is 35.4 Å². The highest BCUT2D eigenvalue weighted by atomic mass is 16.2. The molecule has 0 bridgehead atoms. The Balaban J connectivity index is 1.63. The summed E-state index contributed by atoms with van der Waals surface area (Å²) in [6, 6.07) is 6.62. The molecule has 1 N–H and O–H groups in total. The van der Waals surface area contributed by atoms with Gasteiger partial charge in [-0.3, -0.25) is 24.1 Å². The average molecular weight is 315 g/mol. The Morgan fingerprint density at radius 3 is 2.39 bits per heavy atom. The van der Waals surface area contributed by atoms with Crippen LogP contribution in [0.1, 0.15) is 33.6 Å². The van der Waals surface area contributed by atoms with E-state index in [1.54, 1.807) is 24.3 Å². The molecule has 1 saturated heterocycles. The lowest BCUT2D eigenvalue weighted by Gasteiger charge is -2.20. The predicted octanol–water partition coefficient (Wildman–Crippen LogP) is 0.0212. The van der Waals surface area contributed by atoms with Gasteiger partial charge in [-0.1, -0.05) is 12.1 Å². The Hall–Kier alpha value is -2.70. The molecule has 0 aliphatic carbocycles. The minimum atomic E-state index is -0.369. The lowest BCUT2D eigenvalue weighted by molar-refractivity contribution is -0.135. The first-order chi connectivity index (χ1) is 11.1. The van der Waals surface area contributed by atoms with Crippen LogP contribution >= 0.6 is 0 Å². The third-order valence-electron chi connectivity index (χ3n) is 4.04. The molecule has 1 aromatic carbocycles. The van der Waals surface area contributed by atoms with Crippen molar-refractivity contribution in [2.45, 2.75) is 12.8 Å². The number of amides is 4. The Kier molecular flexibility index (Phi) is 4.10. The van der Waals surface area contributed by atoms with Gasteiger partial charge in [0.1, 0.15) is 0 Å². The minimum absolute atomic E-state index is 0.0265. The van der Waals surface area contributed by atoms with Crippen molar-refractivity contribution < 1.29 is 19.2 Å². The van der Waals surface area contributed by atoms with Gasteiger partial charge in [0.15, 0.2) is 0 Å². The van der Waals surface area contributed by atoms with Gasteiger partial charge in [0, 0.05) is 26.1 Å². The minimum Gasteiger partial charge on any atom is -0.354 e. The van der Waals surface area contributed by atoms with Gasteiger partial charge in [0.2, 0.25) is 11.8 Å². The van der Waals surface area contributed by atoms with Gasteiger partial charge in [0.25, 0.3) is 11.8 Å². The fourth-order valence-corrected chi connectivity index (χ4v) is 2.83. The third kappa shape index (κ3) is 2.94. The summed E-state index contributed by atoms with van der Waals surface area (Å²) in [6.07, 6.45) is 0.725. The van der Waals surface area contributed by atoms with Gasteiger partial charge in [0.05, 0.1) is 17.7 Å². The molecule has 0 radical (unpaired) electrons. The van der Waals surface area contributed by atoms with Crippen LogP contribution in [0.15, 0.2) is 24.3 Å². The average Bonchev–Trinajstić information content (AvgIpc) is 2.71. The molecule has 120 valence electrons. The van der Waals surface area contributed by atoms with Crippen molar-refractivity contribution in [3.8, 4) is 0 Å². The van der Waals surface area contributed by atoms with Gasteiger partial charge in [-0.15, -0.1) is 0 Å². The van der Waals surface area contributed by atoms with Crippen molar-refractivity contribution in [3.63, 3.8) is 0 Å². The van der Waals surface area contributed by atoms with E-state index in [1.165, 1.54) is 4.90 Å². The van der Waals surface area contributed by atoms with Gasteiger partial charge < -0.3 is 10.2 Å². The predicted molar refractivity (Wildman–Crippen MR) is 80.6 cm³/mol. The molecule has 3 rings (SSSR count). The summed E-state index contributed by atoms with van der Waals surface area (Å²) < 4.78 is 0. The summed E-state index contributed by atoms with van der Waals surface area (Å²) in [5.41, 5.74) is 0.748. The van der Waals surface area contributed by atoms with Gasteiger partial charge in [-0.2, -0.15) is 0 Å². The van der Waals surface area contributed by atoms with Crippen LogP contribution in [0.5, 0.6) is 0 Å². The molecular formula is C16H17N3O4. The molecule has 2 aliphatic rings. The summed E-state index contributed by atoms with van der Waals surface area (Å²) in [7, 11) is 0. The molecule has 0 aromatic heterocycles. The second-order valence-corrected chi connectivity index (χ2v) is 5.58. The molecule has 7 nitrogen and oxygen atoms in total. The van der Waals surface area contributed by atoms with Crippen LogP contribution in [0.4, 0.5) is 0 Å². The number of hydrogen-bond acceptors (Lipinski definition) is 4. The standard InChI is InChI=1S/C16H17N3O4/c20-13-10-18(8-3-7-17-13)14(21)6-9-19-15(22)11-4-1-2-5-12(11)16(19)23/h1-2,4-5H,3,6-10H2,(H,17,20). The fourth-order valence-electron chi connectivity index (χ4n) is 2.83. The van der Waals surface area contributed by atoms with Crippen LogP contribution in [0.2, 0.25) is 0 Å². The quantitative estimate of drug-likeness (QED) is 0.797. The first-order valence-electron chi connectivity index (χ1n) is 7.57. The van der Waals surface area contributed by atoms with Crippen molar-refractivity contribution in [2.75, 3.05) is 26.2 Å². The molecule has 0 saturated carbocycles. The summed E-state index contributed by atoms with van der Waals surface area (Å²) in [5, 5.41) is 2.70. The van der Waals surface area contributed by atoms with E-state index in [0.29, 0.717) is 30.6 Å². The summed E-state index contributed by atoms with van der Waals surface area (Å²) in [4.78, 5) is 50.7. The molecule has 0 atom stereocenters. The monoisotopic (exact) mass is 315 g/mol. The van der Waals surface area contributed by atoms with E-state index in [1.807, 2.05) is 0 Å². The van der Waals surface area contributed by atoms with Crippen LogP contribution in [0.25, 0.3) is 0 Å². The molecule has 7 heteroatoms. The van der Waals surface area contributed by atoms with Gasteiger partial charge in [-0.25, -0.2) is 0 Å². The normalized spacial score (nSPS) is 17.8. The Morgan fingerprint density at radius 2 is 1.74 bits per heavy atom. The second-order valence-electron chi connectivity index (χ2n) is 5.58. The van der Waals surface area contributed by atoms with E-state index in [2.05, 4.69) is 5.32 Å². The maximum atomic E-state index is 12.2. The molecule has 4 amide bonds. The largest absolute Gasteiger partial charge is 0.354 e. The first-order valence-corrected chi connectivity index (χ1v) is 7.57. The number of nitrogens with zero attached hydrogens (tertiary/aromatic N) is 2. The van der Waals surface area contributed by atoms with Crippen molar-refractivity contribution in [1.82, 2.24) is 15.1 Å². The van der Waals surface area contributed by atoms with Crippen LogP contribution in [0.3, 0.4) is 0 Å². The Labute approximate surface area is 133 Å². The summed E-state index contributed by atoms with van der Waals surface area (Å²) in [5.74, 6) is -1.14. The lowest BCUT2D eigenvalue weighted by Crippen LogP contribution is -2.40. The number of carbonyl (C=O) groups is 4. The number of fused-ring (bicyclic) bond motifs is 1. The van der Waals surface area contributed by atoms with Crippen molar-refractivity contribution in [2.24, 2.45) is 0 Å². The number of nitrogens with one attached hydrogen (secondary N) is 1. The first kappa shape index (κ1) is 15.2. The highest BCUT2D eigenvalue weighted by molar-refractivity contribution is 6.21. The molecule has 1 fully saturated rings. The number of benzene rings is 1. The number of hydrogen-bond donors (Lipinski definition) is 1. The van der Waals surface area contributed by atoms with E-state index >= 15 is 0 Å². The lowest BCUT2D eigenvalue weighted by atomic mass is 10.1. The molecule has 2 aliphatic heterocycles. The van der Waals surface area contributed by atoms with Crippen molar-refractivity contribution in [1.29, 1.82) is 0 Å². The van der Waals surface area contributed by atoms with Crippen molar-refractivity contribution >= 4 is 23.6 Å². The highest BCUT2D eigenvalue weighted by Crippen LogP contribution is 2.22. The van der Waals surface area contributed by atoms with Crippen LogP contribution in [-0.2, 0) is 9.59 Å². The zero-order valence-corrected chi connectivity index (χ0v) is 12.6. The van der Waals surface area contributed by atoms with E-state index < -0.39 is 0 Å². The van der Waals surface area contributed by atoms with Gasteiger partial charge >= 0.3 is 0 Å². The van der Waals surface area contributed by atoms with Crippen LogP contribution in [0, 0.1) is 0 Å². The van der Waals surface area contributed by atoms with E-state index in [4.69, 9.17) is 0 Å². The maximum Gasteiger partial charge on any atom is 0.261 e. The molecule has 0 unspecified atom stereocenters. The van der Waals surface area contributed by atoms with E-state index in [0.717, 1.165) is 4.90 Å². The third-order valence-corrected chi connectivity index (χ3v) is 4.04. The van der Waals surface area contributed by atoms with E-state index in [9.17, 15) is 19.2 Å². The Morgan fingerprint density at radius 1 is 1.09 bits per heavy atom. The zero-order chi connectivity index (χ0) is 16.4. The second kappa shape index (κ2) is 6.20. The summed E-state index contributed by atoms with van der Waals surface area (Å²) in [6.45, 7) is 1.12. The Bertz CT molecular complexity index is 651. The smallest absolute Gasteiger partial charge is 0.261 e. The number of rotatable bonds is 3. The highest BCUT2D eigenvalue weighted by Gasteiger charge is 2.35. The van der Waals surface area contributed by atoms with Crippen LogP contribution < -0.4 is 5.32 Å². The number of imide groups is 1.